The molecule has 0 heterocycles. The van der Waals surface area contributed by atoms with Gasteiger partial charge in [0.1, 0.15) is 24.7 Å². The second-order valence-corrected chi connectivity index (χ2v) is 7.85. The third-order valence-corrected chi connectivity index (χ3v) is 4.97. The monoisotopic (exact) mass is 374 g/mol. The van der Waals surface area contributed by atoms with Crippen LogP contribution in [0.2, 0.25) is 0 Å². The first-order chi connectivity index (χ1) is 13.3. The zero-order valence-electron chi connectivity index (χ0n) is 17.8. The molecular weight excluding hydrogens is 344 g/mol. The van der Waals surface area contributed by atoms with Gasteiger partial charge in [-0.3, -0.25) is 0 Å². The smallest absolute Gasteiger partial charge is 0.125 e. The molecule has 0 aromatic heterocycles. The first-order valence-corrected chi connectivity index (χ1v) is 9.82. The number of aryl methyl sites for hydroxylation is 6. The fourth-order valence-corrected chi connectivity index (χ4v) is 3.91. The highest BCUT2D eigenvalue weighted by atomic mass is 16.5. The maximum atomic E-state index is 6.14. The molecule has 0 bridgehead atoms. The van der Waals surface area contributed by atoms with Crippen LogP contribution in [0, 0.1) is 41.5 Å². The van der Waals surface area contributed by atoms with Gasteiger partial charge in [0.2, 0.25) is 0 Å². The van der Waals surface area contributed by atoms with E-state index in [1.54, 1.807) is 0 Å². The SMILES string of the molecule is Cc1cc(C)c(OCc2cccc(COc3c(C)cc(C)cc3C)c2)c(C)c1. The Balaban J connectivity index is 1.68. The number of hydrogen-bond acceptors (Lipinski definition) is 2. The molecule has 3 aromatic rings. The van der Waals surface area contributed by atoms with Gasteiger partial charge in [0.15, 0.2) is 0 Å². The molecule has 0 amide bonds. The van der Waals surface area contributed by atoms with Crippen LogP contribution in [0.4, 0.5) is 0 Å². The predicted molar refractivity (Wildman–Crippen MR) is 116 cm³/mol. The van der Waals surface area contributed by atoms with Crippen molar-refractivity contribution in [1.29, 1.82) is 0 Å². The summed E-state index contributed by atoms with van der Waals surface area (Å²) in [5.74, 6) is 1.97. The van der Waals surface area contributed by atoms with E-state index >= 15 is 0 Å². The summed E-state index contributed by atoms with van der Waals surface area (Å²) >= 11 is 0. The molecule has 0 saturated heterocycles. The zero-order valence-corrected chi connectivity index (χ0v) is 17.8. The Hall–Kier alpha value is -2.74. The van der Waals surface area contributed by atoms with E-state index in [9.17, 15) is 0 Å². The molecule has 0 radical (unpaired) electrons. The van der Waals surface area contributed by atoms with Crippen molar-refractivity contribution in [2.24, 2.45) is 0 Å². The molecule has 0 aliphatic heterocycles. The Morgan fingerprint density at radius 2 is 0.893 bits per heavy atom. The molecule has 28 heavy (non-hydrogen) atoms. The van der Waals surface area contributed by atoms with Crippen LogP contribution >= 0.6 is 0 Å². The summed E-state index contributed by atoms with van der Waals surface area (Å²) in [4.78, 5) is 0. The molecule has 2 heteroatoms. The molecule has 0 fully saturated rings. The first kappa shape index (κ1) is 20.0. The molecule has 146 valence electrons. The average Bonchev–Trinajstić information content (AvgIpc) is 2.60. The van der Waals surface area contributed by atoms with Crippen LogP contribution in [0.3, 0.4) is 0 Å². The van der Waals surface area contributed by atoms with E-state index in [4.69, 9.17) is 9.47 Å². The van der Waals surface area contributed by atoms with Gasteiger partial charge in [0.05, 0.1) is 0 Å². The highest BCUT2D eigenvalue weighted by Crippen LogP contribution is 2.27. The van der Waals surface area contributed by atoms with Crippen molar-refractivity contribution >= 4 is 0 Å². The van der Waals surface area contributed by atoms with Crippen LogP contribution < -0.4 is 9.47 Å². The van der Waals surface area contributed by atoms with Crippen molar-refractivity contribution in [2.45, 2.75) is 54.8 Å². The van der Waals surface area contributed by atoms with Crippen LogP contribution in [-0.2, 0) is 13.2 Å². The van der Waals surface area contributed by atoms with Crippen molar-refractivity contribution < 1.29 is 9.47 Å². The third-order valence-electron chi connectivity index (χ3n) is 4.97. The predicted octanol–water partition coefficient (Wildman–Crippen LogP) is 6.70. The summed E-state index contributed by atoms with van der Waals surface area (Å²) in [6.45, 7) is 13.8. The van der Waals surface area contributed by atoms with Crippen molar-refractivity contribution in [3.8, 4) is 11.5 Å². The fourth-order valence-electron chi connectivity index (χ4n) is 3.91. The topological polar surface area (TPSA) is 18.5 Å². The lowest BCUT2D eigenvalue weighted by Gasteiger charge is -2.15. The molecule has 0 atom stereocenters. The lowest BCUT2D eigenvalue weighted by molar-refractivity contribution is 0.295. The standard InChI is InChI=1S/C26H30O2/c1-17-10-19(3)25(20(4)11-17)27-15-23-8-7-9-24(14-23)16-28-26-21(5)12-18(2)13-22(26)6/h7-14H,15-16H2,1-6H3. The molecule has 0 spiro atoms. The minimum absolute atomic E-state index is 0.557. The second kappa shape index (κ2) is 8.52. The molecule has 3 rings (SSSR count). The summed E-state index contributed by atoms with van der Waals surface area (Å²) in [6.07, 6.45) is 0. The molecular formula is C26H30O2. The van der Waals surface area contributed by atoms with Crippen LogP contribution in [-0.4, -0.2) is 0 Å². The van der Waals surface area contributed by atoms with E-state index in [2.05, 4.69) is 90.1 Å². The Morgan fingerprint density at radius 3 is 1.25 bits per heavy atom. The summed E-state index contributed by atoms with van der Waals surface area (Å²) in [6, 6.07) is 17.1. The lowest BCUT2D eigenvalue weighted by Crippen LogP contribution is -2.02. The summed E-state index contributed by atoms with van der Waals surface area (Å²) in [5, 5.41) is 0. The molecule has 2 nitrogen and oxygen atoms in total. The normalized spacial score (nSPS) is 10.8. The van der Waals surface area contributed by atoms with Gasteiger partial charge in [-0.2, -0.15) is 0 Å². The minimum atomic E-state index is 0.557. The van der Waals surface area contributed by atoms with E-state index in [1.807, 2.05) is 0 Å². The molecule has 3 aromatic carbocycles. The minimum Gasteiger partial charge on any atom is -0.488 e. The van der Waals surface area contributed by atoms with Gasteiger partial charge in [0.25, 0.3) is 0 Å². The van der Waals surface area contributed by atoms with Crippen molar-refractivity contribution in [1.82, 2.24) is 0 Å². The molecule has 0 unspecified atom stereocenters. The fraction of sp³-hybridized carbons (Fsp3) is 0.308. The third kappa shape index (κ3) is 4.75. The Kier molecular flexibility index (Phi) is 6.08. The van der Waals surface area contributed by atoms with Gasteiger partial charge in [-0.15, -0.1) is 0 Å². The van der Waals surface area contributed by atoms with Gasteiger partial charge in [-0.05, 0) is 81.0 Å². The maximum Gasteiger partial charge on any atom is 0.125 e. The van der Waals surface area contributed by atoms with Crippen LogP contribution in [0.15, 0.2) is 48.5 Å². The summed E-state index contributed by atoms with van der Waals surface area (Å²) in [7, 11) is 0. The molecule has 0 aliphatic carbocycles. The molecule has 0 saturated carbocycles. The van der Waals surface area contributed by atoms with Crippen molar-refractivity contribution in [2.75, 3.05) is 0 Å². The highest BCUT2D eigenvalue weighted by Gasteiger charge is 2.08. The van der Waals surface area contributed by atoms with Crippen LogP contribution in [0.5, 0.6) is 11.5 Å². The number of ether oxygens (including phenoxy) is 2. The average molecular weight is 375 g/mol. The Bertz CT molecular complexity index is 863. The largest absolute Gasteiger partial charge is 0.488 e. The van der Waals surface area contributed by atoms with E-state index in [1.165, 1.54) is 33.4 Å². The second-order valence-electron chi connectivity index (χ2n) is 7.85. The molecule has 0 N–H and O–H groups in total. The van der Waals surface area contributed by atoms with E-state index < -0.39 is 0 Å². The molecule has 0 aliphatic rings. The number of hydrogen-bond donors (Lipinski definition) is 0. The van der Waals surface area contributed by atoms with Crippen molar-refractivity contribution in [3.05, 3.63) is 93.0 Å². The van der Waals surface area contributed by atoms with Crippen molar-refractivity contribution in [3.63, 3.8) is 0 Å². The quantitative estimate of drug-likeness (QED) is 0.478. The summed E-state index contributed by atoms with van der Waals surface area (Å²) in [5.41, 5.74) is 9.57. The van der Waals surface area contributed by atoms with Crippen LogP contribution in [0.25, 0.3) is 0 Å². The van der Waals surface area contributed by atoms with Gasteiger partial charge in [0, 0.05) is 0 Å². The van der Waals surface area contributed by atoms with Gasteiger partial charge in [-0.1, -0.05) is 53.6 Å². The van der Waals surface area contributed by atoms with E-state index in [-0.39, 0.29) is 0 Å². The number of benzene rings is 3. The highest BCUT2D eigenvalue weighted by molar-refractivity contribution is 5.44. The van der Waals surface area contributed by atoms with Gasteiger partial charge >= 0.3 is 0 Å². The Morgan fingerprint density at radius 1 is 0.536 bits per heavy atom. The summed E-state index contributed by atoms with van der Waals surface area (Å²) < 4.78 is 12.3. The number of rotatable bonds is 6. The van der Waals surface area contributed by atoms with E-state index in [0.29, 0.717) is 13.2 Å². The van der Waals surface area contributed by atoms with E-state index in [0.717, 1.165) is 22.6 Å². The maximum absolute atomic E-state index is 6.14. The first-order valence-electron chi connectivity index (χ1n) is 9.82. The van der Waals surface area contributed by atoms with Gasteiger partial charge in [-0.25, -0.2) is 0 Å². The lowest BCUT2D eigenvalue weighted by atomic mass is 10.1. The van der Waals surface area contributed by atoms with Crippen LogP contribution in [0.1, 0.15) is 44.5 Å². The zero-order chi connectivity index (χ0) is 20.3. The Labute approximate surface area is 169 Å². The van der Waals surface area contributed by atoms with Gasteiger partial charge < -0.3 is 9.47 Å².